The van der Waals surface area contributed by atoms with Gasteiger partial charge in [-0.3, -0.25) is 4.79 Å². The van der Waals surface area contributed by atoms with E-state index in [-0.39, 0.29) is 11.6 Å². The molecule has 2 aromatic rings. The first-order valence-corrected chi connectivity index (χ1v) is 7.51. The number of nitrogens with one attached hydrogen (secondary N) is 1. The van der Waals surface area contributed by atoms with Gasteiger partial charge in [0.15, 0.2) is 5.69 Å². The number of aromatic carboxylic acids is 1. The minimum Gasteiger partial charge on any atom is -0.476 e. The first-order valence-electron chi connectivity index (χ1n) is 5.87. The van der Waals surface area contributed by atoms with Crippen LogP contribution < -0.4 is 5.32 Å². The molecule has 21 heavy (non-hydrogen) atoms. The lowest BCUT2D eigenvalue weighted by atomic mass is 10.2. The van der Waals surface area contributed by atoms with Gasteiger partial charge >= 0.3 is 5.97 Å². The van der Waals surface area contributed by atoms with E-state index in [1.54, 1.807) is 6.07 Å². The molecule has 1 heterocycles. The van der Waals surface area contributed by atoms with Crippen LogP contribution in [0, 0.1) is 0 Å². The summed E-state index contributed by atoms with van der Waals surface area (Å²) in [7, 11) is 0. The van der Waals surface area contributed by atoms with E-state index in [4.69, 9.17) is 28.3 Å². The van der Waals surface area contributed by atoms with Gasteiger partial charge in [0.25, 0.3) is 5.91 Å². The molecule has 0 aliphatic carbocycles. The zero-order valence-corrected chi connectivity index (χ0v) is 12.9. The van der Waals surface area contributed by atoms with Gasteiger partial charge in [-0.2, -0.15) is 0 Å². The van der Waals surface area contributed by atoms with E-state index in [0.29, 0.717) is 33.6 Å². The maximum absolute atomic E-state index is 11.9. The molecule has 0 fully saturated rings. The Kier molecular flexibility index (Phi) is 5.17. The Balaban J connectivity index is 1.90. The fourth-order valence-corrected chi connectivity index (χ4v) is 2.89. The molecule has 1 amide bonds. The van der Waals surface area contributed by atoms with Crippen LogP contribution in [0.15, 0.2) is 23.6 Å². The average Bonchev–Trinajstić information content (AvgIpc) is 2.86. The number of carboxylic acid groups (broad SMARTS) is 1. The maximum Gasteiger partial charge on any atom is 0.355 e. The minimum atomic E-state index is -1.06. The van der Waals surface area contributed by atoms with Crippen LogP contribution in [-0.2, 0) is 6.42 Å². The van der Waals surface area contributed by atoms with Gasteiger partial charge in [0, 0.05) is 34.0 Å². The van der Waals surface area contributed by atoms with Crippen molar-refractivity contribution in [1.82, 2.24) is 10.3 Å². The summed E-state index contributed by atoms with van der Waals surface area (Å²) in [5.41, 5.74) is 0.390. The Hall–Kier alpha value is -1.63. The summed E-state index contributed by atoms with van der Waals surface area (Å²) in [6, 6.07) is 4.59. The SMILES string of the molecule is O=C(NCCc1nc(C(=O)O)cs1)c1cc(Cl)cc(Cl)c1. The highest BCUT2D eigenvalue weighted by atomic mass is 35.5. The molecule has 0 unspecified atom stereocenters. The molecule has 1 aromatic heterocycles. The van der Waals surface area contributed by atoms with Crippen molar-refractivity contribution in [1.29, 1.82) is 0 Å². The summed E-state index contributed by atoms with van der Waals surface area (Å²) >= 11 is 12.9. The number of aromatic nitrogens is 1. The van der Waals surface area contributed by atoms with Gasteiger partial charge in [0.1, 0.15) is 0 Å². The average molecular weight is 345 g/mol. The number of carbonyl (C=O) groups is 2. The molecule has 8 heteroatoms. The molecule has 0 saturated carbocycles. The van der Waals surface area contributed by atoms with E-state index in [1.807, 2.05) is 0 Å². The molecule has 2 N–H and O–H groups in total. The van der Waals surface area contributed by atoms with Crippen LogP contribution in [-0.4, -0.2) is 28.5 Å². The molecule has 2 rings (SSSR count). The molecule has 0 bridgehead atoms. The Bertz CT molecular complexity index is 668. The van der Waals surface area contributed by atoms with Crippen molar-refractivity contribution >= 4 is 46.4 Å². The smallest absolute Gasteiger partial charge is 0.355 e. The van der Waals surface area contributed by atoms with E-state index in [0.717, 1.165) is 0 Å². The van der Waals surface area contributed by atoms with Gasteiger partial charge in [-0.05, 0) is 18.2 Å². The highest BCUT2D eigenvalue weighted by molar-refractivity contribution is 7.09. The maximum atomic E-state index is 11.9. The van der Waals surface area contributed by atoms with Crippen molar-refractivity contribution in [3.05, 3.63) is 49.9 Å². The standard InChI is InChI=1S/C13H10Cl2N2O3S/c14-8-3-7(4-9(15)5-8)12(18)16-2-1-11-17-10(6-21-11)13(19)20/h3-6H,1-2H2,(H,16,18)(H,19,20). The van der Waals surface area contributed by atoms with E-state index >= 15 is 0 Å². The number of carbonyl (C=O) groups excluding carboxylic acids is 1. The van der Waals surface area contributed by atoms with Crippen LogP contribution in [0.1, 0.15) is 25.9 Å². The number of thiazole rings is 1. The van der Waals surface area contributed by atoms with Crippen LogP contribution >= 0.6 is 34.5 Å². The highest BCUT2D eigenvalue weighted by Gasteiger charge is 2.10. The summed E-state index contributed by atoms with van der Waals surface area (Å²) in [5, 5.41) is 14.4. The molecule has 0 saturated heterocycles. The monoisotopic (exact) mass is 344 g/mol. The molecule has 0 aliphatic rings. The van der Waals surface area contributed by atoms with Gasteiger partial charge < -0.3 is 10.4 Å². The molecule has 0 atom stereocenters. The zero-order chi connectivity index (χ0) is 15.4. The van der Waals surface area contributed by atoms with Gasteiger partial charge in [-0.1, -0.05) is 23.2 Å². The Morgan fingerprint density at radius 1 is 1.24 bits per heavy atom. The van der Waals surface area contributed by atoms with Gasteiger partial charge in [-0.15, -0.1) is 11.3 Å². The van der Waals surface area contributed by atoms with Crippen LogP contribution in [0.4, 0.5) is 0 Å². The van der Waals surface area contributed by atoms with Crippen LogP contribution in [0.5, 0.6) is 0 Å². The Labute approximate surface area is 134 Å². The normalized spacial score (nSPS) is 10.4. The molecule has 5 nitrogen and oxygen atoms in total. The summed E-state index contributed by atoms with van der Waals surface area (Å²) < 4.78 is 0. The van der Waals surface area contributed by atoms with Crippen molar-refractivity contribution in [2.24, 2.45) is 0 Å². The lowest BCUT2D eigenvalue weighted by Gasteiger charge is -2.05. The van der Waals surface area contributed by atoms with Crippen molar-refractivity contribution < 1.29 is 14.7 Å². The summed E-state index contributed by atoms with van der Waals surface area (Å²) in [4.78, 5) is 26.5. The first-order chi connectivity index (χ1) is 9.95. The quantitative estimate of drug-likeness (QED) is 0.873. The number of benzene rings is 1. The lowest BCUT2D eigenvalue weighted by molar-refractivity contribution is 0.0690. The third kappa shape index (κ3) is 4.42. The van der Waals surface area contributed by atoms with E-state index in [1.165, 1.54) is 28.8 Å². The lowest BCUT2D eigenvalue weighted by Crippen LogP contribution is -2.25. The predicted octanol–water partition coefficient (Wildman–Crippen LogP) is 3.12. The molecule has 0 aliphatic heterocycles. The van der Waals surface area contributed by atoms with Crippen molar-refractivity contribution in [2.75, 3.05) is 6.54 Å². The van der Waals surface area contributed by atoms with Crippen molar-refractivity contribution in [2.45, 2.75) is 6.42 Å². The molecule has 1 aromatic carbocycles. The molecule has 0 spiro atoms. The minimum absolute atomic E-state index is 0.0166. The second-order valence-corrected chi connectivity index (χ2v) is 5.91. The van der Waals surface area contributed by atoms with E-state index in [9.17, 15) is 9.59 Å². The number of nitrogens with zero attached hydrogens (tertiary/aromatic N) is 1. The van der Waals surface area contributed by atoms with Crippen LogP contribution in [0.2, 0.25) is 10.0 Å². The number of halogens is 2. The van der Waals surface area contributed by atoms with Gasteiger partial charge in [-0.25, -0.2) is 9.78 Å². The fraction of sp³-hybridized carbons (Fsp3) is 0.154. The summed E-state index contributed by atoms with van der Waals surface area (Å²) in [6.07, 6.45) is 0.456. The third-order valence-electron chi connectivity index (χ3n) is 2.52. The molecule has 110 valence electrons. The molecule has 0 radical (unpaired) electrons. The fourth-order valence-electron chi connectivity index (χ4n) is 1.59. The van der Waals surface area contributed by atoms with E-state index in [2.05, 4.69) is 10.3 Å². The second kappa shape index (κ2) is 6.89. The summed E-state index contributed by atoms with van der Waals surface area (Å²) in [5.74, 6) is -1.36. The van der Waals surface area contributed by atoms with E-state index < -0.39 is 5.97 Å². The number of hydrogen-bond donors (Lipinski definition) is 2. The Morgan fingerprint density at radius 3 is 2.48 bits per heavy atom. The first kappa shape index (κ1) is 15.8. The second-order valence-electron chi connectivity index (χ2n) is 4.10. The van der Waals surface area contributed by atoms with Crippen LogP contribution in [0.3, 0.4) is 0 Å². The number of carboxylic acids is 1. The third-order valence-corrected chi connectivity index (χ3v) is 3.87. The largest absolute Gasteiger partial charge is 0.476 e. The van der Waals surface area contributed by atoms with Crippen LogP contribution in [0.25, 0.3) is 0 Å². The predicted molar refractivity (Wildman–Crippen MR) is 81.6 cm³/mol. The summed E-state index contributed by atoms with van der Waals surface area (Å²) in [6.45, 7) is 0.343. The topological polar surface area (TPSA) is 79.3 Å². The highest BCUT2D eigenvalue weighted by Crippen LogP contribution is 2.19. The zero-order valence-electron chi connectivity index (χ0n) is 10.6. The van der Waals surface area contributed by atoms with Crippen molar-refractivity contribution in [3.63, 3.8) is 0 Å². The molecular weight excluding hydrogens is 335 g/mol. The van der Waals surface area contributed by atoms with Gasteiger partial charge in [0.2, 0.25) is 0 Å². The van der Waals surface area contributed by atoms with Gasteiger partial charge in [0.05, 0.1) is 5.01 Å². The molecular formula is C13H10Cl2N2O3S. The van der Waals surface area contributed by atoms with Crippen molar-refractivity contribution in [3.8, 4) is 0 Å². The number of amides is 1. The number of hydrogen-bond acceptors (Lipinski definition) is 4. The Morgan fingerprint density at radius 2 is 1.90 bits per heavy atom. The number of rotatable bonds is 5.